The molecule has 0 amide bonds. The van der Waals surface area contributed by atoms with Crippen molar-refractivity contribution in [1.82, 2.24) is 0 Å². The molecule has 2 aromatic carbocycles. The zero-order chi connectivity index (χ0) is 14.7. The summed E-state index contributed by atoms with van der Waals surface area (Å²) in [6.07, 6.45) is 0. The maximum atomic E-state index is 6.02. The minimum atomic E-state index is -0.166. The third-order valence-corrected chi connectivity index (χ3v) is 5.37. The van der Waals surface area contributed by atoms with E-state index >= 15 is 0 Å². The minimum Gasteiger partial charge on any atom is -0.492 e. The zero-order valence-electron chi connectivity index (χ0n) is 11.8. The number of halogens is 1. The van der Waals surface area contributed by atoms with Gasteiger partial charge in [-0.05, 0) is 18.2 Å². The quantitative estimate of drug-likeness (QED) is 0.783. The van der Waals surface area contributed by atoms with Crippen LogP contribution in [-0.4, -0.2) is 26.4 Å². The topological polar surface area (TPSA) is 39.7 Å². The molecule has 3 aliphatic heterocycles. The first-order valence-corrected chi connectivity index (χ1v) is 8.17. The summed E-state index contributed by atoms with van der Waals surface area (Å²) in [5, 5.41) is 3.51. The summed E-state index contributed by atoms with van der Waals surface area (Å²) < 4.78 is 18.6. The van der Waals surface area contributed by atoms with E-state index in [0.717, 1.165) is 28.3 Å². The van der Waals surface area contributed by atoms with Gasteiger partial charge in [-0.1, -0.05) is 22.0 Å². The van der Waals surface area contributed by atoms with Crippen molar-refractivity contribution in [3.63, 3.8) is 0 Å². The highest BCUT2D eigenvalue weighted by Crippen LogP contribution is 2.54. The number of hydrogen-bond donors (Lipinski definition) is 1. The van der Waals surface area contributed by atoms with Crippen LogP contribution in [-0.2, 0) is 5.41 Å². The number of anilines is 1. The van der Waals surface area contributed by atoms with Crippen molar-refractivity contribution >= 4 is 21.6 Å². The fourth-order valence-electron chi connectivity index (χ4n) is 3.69. The third kappa shape index (κ3) is 1.52. The predicted octanol–water partition coefficient (Wildman–Crippen LogP) is 3.32. The minimum absolute atomic E-state index is 0.166. The van der Waals surface area contributed by atoms with Crippen LogP contribution in [0.25, 0.3) is 0 Å². The predicted molar refractivity (Wildman–Crippen MR) is 86.3 cm³/mol. The van der Waals surface area contributed by atoms with Gasteiger partial charge in [0.25, 0.3) is 0 Å². The Kier molecular flexibility index (Phi) is 2.48. The van der Waals surface area contributed by atoms with Crippen LogP contribution in [0.3, 0.4) is 0 Å². The van der Waals surface area contributed by atoms with E-state index in [-0.39, 0.29) is 5.41 Å². The summed E-state index contributed by atoms with van der Waals surface area (Å²) in [5.74, 6) is 2.49. The number of fused-ring (bicyclic) bond motifs is 5. The molecule has 0 bridgehead atoms. The molecule has 0 fully saturated rings. The molecule has 112 valence electrons. The smallest absolute Gasteiger partial charge is 0.165 e. The average molecular weight is 360 g/mol. The van der Waals surface area contributed by atoms with E-state index < -0.39 is 0 Å². The fourth-order valence-corrected chi connectivity index (χ4v) is 4.43. The van der Waals surface area contributed by atoms with Crippen molar-refractivity contribution in [1.29, 1.82) is 0 Å². The zero-order valence-corrected chi connectivity index (χ0v) is 13.4. The second-order valence-electron chi connectivity index (χ2n) is 5.88. The first-order chi connectivity index (χ1) is 10.8. The Balaban J connectivity index is 1.73. The monoisotopic (exact) mass is 359 g/mol. The first-order valence-electron chi connectivity index (χ1n) is 7.38. The molecule has 5 rings (SSSR count). The highest BCUT2D eigenvalue weighted by Gasteiger charge is 2.48. The summed E-state index contributed by atoms with van der Waals surface area (Å²) in [4.78, 5) is 0. The third-order valence-electron chi connectivity index (χ3n) is 4.71. The van der Waals surface area contributed by atoms with Crippen LogP contribution in [0.2, 0.25) is 0 Å². The van der Waals surface area contributed by atoms with Gasteiger partial charge in [0.15, 0.2) is 11.5 Å². The SMILES string of the molecule is Brc1cccc2c1C1(CN2)COc2cc3c(cc21)OCCO3. The number of benzene rings is 2. The number of hydrogen-bond acceptors (Lipinski definition) is 4. The van der Waals surface area contributed by atoms with Crippen molar-refractivity contribution in [3.8, 4) is 17.2 Å². The Morgan fingerprint density at radius 1 is 1.00 bits per heavy atom. The van der Waals surface area contributed by atoms with Crippen LogP contribution in [0.15, 0.2) is 34.8 Å². The number of rotatable bonds is 0. The molecule has 2 aromatic rings. The molecule has 0 aromatic heterocycles. The first kappa shape index (κ1) is 12.6. The van der Waals surface area contributed by atoms with E-state index in [1.165, 1.54) is 16.8 Å². The normalized spacial score (nSPS) is 23.7. The second kappa shape index (κ2) is 4.32. The van der Waals surface area contributed by atoms with Gasteiger partial charge in [-0.3, -0.25) is 0 Å². The molecule has 0 saturated carbocycles. The Hall–Kier alpha value is -1.88. The number of ether oxygens (including phenoxy) is 3. The lowest BCUT2D eigenvalue weighted by Crippen LogP contribution is -2.32. The average Bonchev–Trinajstić information content (AvgIpc) is 3.09. The van der Waals surface area contributed by atoms with Crippen molar-refractivity contribution in [2.75, 3.05) is 31.7 Å². The van der Waals surface area contributed by atoms with Gasteiger partial charge < -0.3 is 19.5 Å². The summed E-state index contributed by atoms with van der Waals surface area (Å²) in [7, 11) is 0. The lowest BCUT2D eigenvalue weighted by Gasteiger charge is -2.25. The van der Waals surface area contributed by atoms with E-state index in [0.29, 0.717) is 19.8 Å². The molecular formula is C17H14BrNO3. The molecule has 0 saturated heterocycles. The van der Waals surface area contributed by atoms with E-state index in [2.05, 4.69) is 45.5 Å². The van der Waals surface area contributed by atoms with Crippen LogP contribution in [0.1, 0.15) is 11.1 Å². The largest absolute Gasteiger partial charge is 0.492 e. The Labute approximate surface area is 136 Å². The molecule has 3 aliphatic rings. The number of nitrogens with one attached hydrogen (secondary N) is 1. The Morgan fingerprint density at radius 3 is 2.68 bits per heavy atom. The molecular weight excluding hydrogens is 346 g/mol. The van der Waals surface area contributed by atoms with Gasteiger partial charge in [0, 0.05) is 33.9 Å². The van der Waals surface area contributed by atoms with Crippen molar-refractivity contribution in [2.24, 2.45) is 0 Å². The van der Waals surface area contributed by atoms with Gasteiger partial charge in [-0.15, -0.1) is 0 Å². The molecule has 0 aliphatic carbocycles. The van der Waals surface area contributed by atoms with E-state index in [9.17, 15) is 0 Å². The van der Waals surface area contributed by atoms with Crippen molar-refractivity contribution in [2.45, 2.75) is 5.41 Å². The van der Waals surface area contributed by atoms with E-state index in [1.54, 1.807) is 0 Å². The standard InChI is InChI=1S/C17H14BrNO3/c18-11-2-1-3-12-16(11)17(8-19-12)9-22-13-7-15-14(6-10(13)17)20-4-5-21-15/h1-3,6-7,19H,4-5,8-9H2. The van der Waals surface area contributed by atoms with Gasteiger partial charge in [-0.25, -0.2) is 0 Å². The molecule has 22 heavy (non-hydrogen) atoms. The molecule has 5 heteroatoms. The van der Waals surface area contributed by atoms with Crippen LogP contribution in [0.5, 0.6) is 17.2 Å². The van der Waals surface area contributed by atoms with Gasteiger partial charge >= 0.3 is 0 Å². The van der Waals surface area contributed by atoms with Gasteiger partial charge in [-0.2, -0.15) is 0 Å². The molecule has 1 unspecified atom stereocenters. The molecule has 1 spiro atoms. The maximum absolute atomic E-state index is 6.02. The maximum Gasteiger partial charge on any atom is 0.165 e. The van der Waals surface area contributed by atoms with Crippen LogP contribution in [0.4, 0.5) is 5.69 Å². The van der Waals surface area contributed by atoms with Gasteiger partial charge in [0.1, 0.15) is 25.6 Å². The van der Waals surface area contributed by atoms with Gasteiger partial charge in [0.2, 0.25) is 0 Å². The Morgan fingerprint density at radius 2 is 1.82 bits per heavy atom. The second-order valence-corrected chi connectivity index (χ2v) is 6.73. The summed E-state index contributed by atoms with van der Waals surface area (Å²) >= 11 is 3.71. The van der Waals surface area contributed by atoms with Crippen LogP contribution < -0.4 is 19.5 Å². The fraction of sp³-hybridized carbons (Fsp3) is 0.294. The summed E-state index contributed by atoms with van der Waals surface area (Å²) in [5.41, 5.74) is 3.45. The lowest BCUT2D eigenvalue weighted by molar-refractivity contribution is 0.171. The van der Waals surface area contributed by atoms with Crippen molar-refractivity contribution < 1.29 is 14.2 Å². The van der Waals surface area contributed by atoms with Gasteiger partial charge in [0.05, 0.1) is 5.41 Å². The molecule has 1 N–H and O–H groups in total. The molecule has 4 nitrogen and oxygen atoms in total. The molecule has 0 radical (unpaired) electrons. The lowest BCUT2D eigenvalue weighted by atomic mass is 9.77. The van der Waals surface area contributed by atoms with Crippen LogP contribution >= 0.6 is 15.9 Å². The highest BCUT2D eigenvalue weighted by molar-refractivity contribution is 9.10. The van der Waals surface area contributed by atoms with E-state index in [1.807, 2.05) is 6.07 Å². The molecule has 3 heterocycles. The highest BCUT2D eigenvalue weighted by atomic mass is 79.9. The molecule has 1 atom stereocenters. The summed E-state index contributed by atoms with van der Waals surface area (Å²) in [6, 6.07) is 10.3. The Bertz CT molecular complexity index is 792. The van der Waals surface area contributed by atoms with Crippen molar-refractivity contribution in [3.05, 3.63) is 45.9 Å². The van der Waals surface area contributed by atoms with E-state index in [4.69, 9.17) is 14.2 Å². The summed E-state index contributed by atoms with van der Waals surface area (Å²) in [6.45, 7) is 2.65. The van der Waals surface area contributed by atoms with Crippen LogP contribution in [0, 0.1) is 0 Å².